The van der Waals surface area contributed by atoms with Crippen LogP contribution in [-0.2, 0) is 4.74 Å². The summed E-state index contributed by atoms with van der Waals surface area (Å²) in [7, 11) is 1.27. The molecule has 6 heteroatoms. The van der Waals surface area contributed by atoms with Crippen LogP contribution in [0.3, 0.4) is 0 Å². The lowest BCUT2D eigenvalue weighted by Gasteiger charge is -2.03. The molecule has 18 heavy (non-hydrogen) atoms. The quantitative estimate of drug-likeness (QED) is 0.787. The van der Waals surface area contributed by atoms with Crippen molar-refractivity contribution in [2.75, 3.05) is 7.11 Å². The molecule has 0 radical (unpaired) electrons. The molecular weight excluding hydrogens is 259 g/mol. The van der Waals surface area contributed by atoms with E-state index < -0.39 is 5.97 Å². The summed E-state index contributed by atoms with van der Waals surface area (Å²) in [6.07, 6.45) is 0. The summed E-state index contributed by atoms with van der Waals surface area (Å²) in [5.74, 6) is -0.905. The summed E-state index contributed by atoms with van der Waals surface area (Å²) in [5.41, 5.74) is 1.24. The van der Waals surface area contributed by atoms with Crippen LogP contribution in [0.25, 0.3) is 5.69 Å². The predicted molar refractivity (Wildman–Crippen MR) is 64.6 cm³/mol. The maximum Gasteiger partial charge on any atom is 0.342 e. The third-order valence-corrected chi connectivity index (χ3v) is 2.81. The van der Waals surface area contributed by atoms with Gasteiger partial charge in [-0.3, -0.25) is 0 Å². The van der Waals surface area contributed by atoms with Crippen LogP contribution in [0.1, 0.15) is 16.1 Å². The van der Waals surface area contributed by atoms with Gasteiger partial charge in [0.05, 0.1) is 18.5 Å². The smallest absolute Gasteiger partial charge is 0.342 e. The molecule has 0 amide bonds. The minimum Gasteiger partial charge on any atom is -0.465 e. The van der Waals surface area contributed by atoms with Crippen LogP contribution in [0.2, 0.25) is 5.15 Å². The lowest BCUT2D eigenvalue weighted by atomic mass is 10.2. The summed E-state index contributed by atoms with van der Waals surface area (Å²) in [6, 6.07) is 5.63. The van der Waals surface area contributed by atoms with Crippen molar-refractivity contribution < 1.29 is 13.9 Å². The maximum absolute atomic E-state index is 12.8. The number of hydrogen-bond acceptors (Lipinski definition) is 3. The van der Waals surface area contributed by atoms with Crippen molar-refractivity contribution in [2.24, 2.45) is 0 Å². The molecule has 1 aromatic heterocycles. The fourth-order valence-corrected chi connectivity index (χ4v) is 1.94. The SMILES string of the molecule is COC(=O)c1c(C)nn(-c2ccc(F)cc2)c1Cl. The number of benzene rings is 1. The van der Waals surface area contributed by atoms with E-state index in [0.717, 1.165) is 0 Å². The molecular formula is C12H10ClFN2O2. The number of carbonyl (C=O) groups excluding carboxylic acids is 1. The van der Waals surface area contributed by atoms with Crippen LogP contribution in [-0.4, -0.2) is 22.9 Å². The summed E-state index contributed by atoms with van der Waals surface area (Å²) in [5, 5.41) is 4.28. The van der Waals surface area contributed by atoms with Crippen molar-refractivity contribution in [3.05, 3.63) is 46.5 Å². The summed E-state index contributed by atoms with van der Waals surface area (Å²) in [6.45, 7) is 1.65. The molecule has 0 unspecified atom stereocenters. The molecule has 0 spiro atoms. The number of hydrogen-bond donors (Lipinski definition) is 0. The first-order valence-electron chi connectivity index (χ1n) is 5.14. The Bertz CT molecular complexity index is 593. The van der Waals surface area contributed by atoms with Crippen molar-refractivity contribution in [2.45, 2.75) is 6.92 Å². The number of nitrogens with zero attached hydrogens (tertiary/aromatic N) is 2. The summed E-state index contributed by atoms with van der Waals surface area (Å²) < 4.78 is 18.8. The van der Waals surface area contributed by atoms with Crippen molar-refractivity contribution >= 4 is 17.6 Å². The molecule has 0 saturated carbocycles. The highest BCUT2D eigenvalue weighted by atomic mass is 35.5. The Kier molecular flexibility index (Phi) is 3.34. The minimum absolute atomic E-state index is 0.144. The van der Waals surface area contributed by atoms with Crippen LogP contribution >= 0.6 is 11.6 Å². The van der Waals surface area contributed by atoms with E-state index in [1.54, 1.807) is 6.92 Å². The largest absolute Gasteiger partial charge is 0.465 e. The van der Waals surface area contributed by atoms with E-state index in [1.165, 1.54) is 36.1 Å². The minimum atomic E-state index is -0.550. The van der Waals surface area contributed by atoms with Gasteiger partial charge in [-0.05, 0) is 31.2 Å². The molecule has 0 N–H and O–H groups in total. The van der Waals surface area contributed by atoms with Gasteiger partial charge in [-0.25, -0.2) is 13.9 Å². The molecule has 94 valence electrons. The van der Waals surface area contributed by atoms with Crippen molar-refractivity contribution in [3.63, 3.8) is 0 Å². The highest BCUT2D eigenvalue weighted by molar-refractivity contribution is 6.33. The number of rotatable bonds is 2. The van der Waals surface area contributed by atoms with Gasteiger partial charge >= 0.3 is 5.97 Å². The van der Waals surface area contributed by atoms with Gasteiger partial charge in [-0.1, -0.05) is 11.6 Å². The second-order valence-electron chi connectivity index (χ2n) is 3.63. The summed E-state index contributed by atoms with van der Waals surface area (Å²) >= 11 is 6.08. The van der Waals surface area contributed by atoms with Crippen LogP contribution in [0.15, 0.2) is 24.3 Å². The average molecular weight is 269 g/mol. The molecule has 0 aliphatic rings. The highest BCUT2D eigenvalue weighted by Gasteiger charge is 2.21. The Hall–Kier alpha value is -1.88. The normalized spacial score (nSPS) is 10.4. The van der Waals surface area contributed by atoms with Gasteiger partial charge in [0.1, 0.15) is 16.5 Å². The molecule has 0 bridgehead atoms. The molecule has 2 rings (SSSR count). The van der Waals surface area contributed by atoms with E-state index >= 15 is 0 Å². The average Bonchev–Trinajstić information content (AvgIpc) is 2.65. The van der Waals surface area contributed by atoms with Crippen LogP contribution in [0.5, 0.6) is 0 Å². The molecule has 4 nitrogen and oxygen atoms in total. The fourth-order valence-electron chi connectivity index (χ4n) is 1.59. The molecule has 0 aliphatic heterocycles. The number of esters is 1. The zero-order chi connectivity index (χ0) is 13.3. The standard InChI is InChI=1S/C12H10ClFN2O2/c1-7-10(12(17)18-2)11(13)16(15-7)9-5-3-8(14)4-6-9/h3-6H,1-2H3. The maximum atomic E-state index is 12.8. The third-order valence-electron chi connectivity index (χ3n) is 2.46. The zero-order valence-electron chi connectivity index (χ0n) is 9.78. The van der Waals surface area contributed by atoms with E-state index in [-0.39, 0.29) is 16.5 Å². The first-order chi connectivity index (χ1) is 8.54. The Morgan fingerprint density at radius 2 is 2.00 bits per heavy atom. The first-order valence-corrected chi connectivity index (χ1v) is 5.51. The number of methoxy groups -OCH3 is 1. The van der Waals surface area contributed by atoms with Gasteiger partial charge in [0.15, 0.2) is 0 Å². The van der Waals surface area contributed by atoms with E-state index in [0.29, 0.717) is 11.4 Å². The molecule has 0 fully saturated rings. The molecule has 0 saturated heterocycles. The second kappa shape index (κ2) is 4.78. The van der Waals surface area contributed by atoms with E-state index in [4.69, 9.17) is 11.6 Å². The monoisotopic (exact) mass is 268 g/mol. The molecule has 1 aromatic carbocycles. The van der Waals surface area contributed by atoms with Crippen LogP contribution in [0.4, 0.5) is 4.39 Å². The highest BCUT2D eigenvalue weighted by Crippen LogP contribution is 2.24. The van der Waals surface area contributed by atoms with Crippen molar-refractivity contribution in [3.8, 4) is 5.69 Å². The van der Waals surface area contributed by atoms with Gasteiger partial charge in [0, 0.05) is 0 Å². The number of aromatic nitrogens is 2. The Morgan fingerprint density at radius 1 is 1.39 bits per heavy atom. The number of carbonyl (C=O) groups is 1. The van der Waals surface area contributed by atoms with E-state index in [9.17, 15) is 9.18 Å². The number of ether oxygens (including phenoxy) is 1. The molecule has 1 heterocycles. The van der Waals surface area contributed by atoms with Gasteiger partial charge in [-0.2, -0.15) is 5.10 Å². The van der Waals surface area contributed by atoms with Crippen molar-refractivity contribution in [1.82, 2.24) is 9.78 Å². The molecule has 0 atom stereocenters. The van der Waals surface area contributed by atoms with E-state index in [1.807, 2.05) is 0 Å². The summed E-state index contributed by atoms with van der Waals surface area (Å²) in [4.78, 5) is 11.5. The van der Waals surface area contributed by atoms with Gasteiger partial charge in [0.2, 0.25) is 0 Å². The van der Waals surface area contributed by atoms with Crippen LogP contribution in [0, 0.1) is 12.7 Å². The Balaban J connectivity index is 2.53. The van der Waals surface area contributed by atoms with E-state index in [2.05, 4.69) is 9.84 Å². The van der Waals surface area contributed by atoms with Crippen LogP contribution < -0.4 is 0 Å². The van der Waals surface area contributed by atoms with Crippen molar-refractivity contribution in [1.29, 1.82) is 0 Å². The van der Waals surface area contributed by atoms with Gasteiger partial charge in [0.25, 0.3) is 0 Å². The number of aryl methyl sites for hydroxylation is 1. The lowest BCUT2D eigenvalue weighted by Crippen LogP contribution is -2.03. The Morgan fingerprint density at radius 3 is 2.56 bits per heavy atom. The predicted octanol–water partition coefficient (Wildman–Crippen LogP) is 2.76. The fraction of sp³-hybridized carbons (Fsp3) is 0.167. The lowest BCUT2D eigenvalue weighted by molar-refractivity contribution is 0.0600. The molecule has 2 aromatic rings. The molecule has 0 aliphatic carbocycles. The van der Waals surface area contributed by atoms with Gasteiger partial charge in [-0.15, -0.1) is 0 Å². The zero-order valence-corrected chi connectivity index (χ0v) is 10.5. The Labute approximate surface area is 108 Å². The van der Waals surface area contributed by atoms with Gasteiger partial charge < -0.3 is 4.74 Å². The third kappa shape index (κ3) is 2.09. The topological polar surface area (TPSA) is 44.1 Å². The first kappa shape index (κ1) is 12.6. The number of halogens is 2. The second-order valence-corrected chi connectivity index (χ2v) is 3.99.